The molecule has 0 aliphatic carbocycles. The predicted octanol–water partition coefficient (Wildman–Crippen LogP) is 3.86. The predicted molar refractivity (Wildman–Crippen MR) is 98.9 cm³/mol. The summed E-state index contributed by atoms with van der Waals surface area (Å²) in [6, 6.07) is 11.3. The third-order valence-electron chi connectivity index (χ3n) is 3.96. The molecule has 0 spiro atoms. The van der Waals surface area contributed by atoms with Crippen molar-refractivity contribution in [1.82, 2.24) is 5.32 Å². The van der Waals surface area contributed by atoms with E-state index in [1.54, 1.807) is 24.3 Å². The molecule has 0 saturated carbocycles. The van der Waals surface area contributed by atoms with Crippen LogP contribution in [-0.2, 0) is 14.3 Å². The Kier molecular flexibility index (Phi) is 7.49. The quantitative estimate of drug-likeness (QED) is 0.547. The van der Waals surface area contributed by atoms with Gasteiger partial charge in [-0.05, 0) is 35.9 Å². The minimum atomic E-state index is -0.667. The highest BCUT2D eigenvalue weighted by Crippen LogP contribution is 2.25. The molecule has 0 aliphatic heterocycles. The third-order valence-corrected chi connectivity index (χ3v) is 4.30. The van der Waals surface area contributed by atoms with E-state index in [-0.39, 0.29) is 25.0 Å². The number of nitrogens with one attached hydrogen (secondary N) is 1. The summed E-state index contributed by atoms with van der Waals surface area (Å²) < 4.78 is 17.6. The molecule has 0 fully saturated rings. The molecular weight excluding hydrogens is 373 g/mol. The lowest BCUT2D eigenvalue weighted by molar-refractivity contribution is -0.141. The third kappa shape index (κ3) is 6.18. The molecule has 0 radical (unpaired) electrons. The number of ketones is 1. The van der Waals surface area contributed by atoms with Gasteiger partial charge in [0, 0.05) is 23.4 Å². The molecule has 0 unspecified atom stereocenters. The van der Waals surface area contributed by atoms with Crippen molar-refractivity contribution in [3.63, 3.8) is 0 Å². The zero-order chi connectivity index (χ0) is 19.8. The van der Waals surface area contributed by atoms with Gasteiger partial charge >= 0.3 is 5.97 Å². The van der Waals surface area contributed by atoms with E-state index in [1.165, 1.54) is 31.4 Å². The fraction of sp³-hybridized carbons (Fsp3) is 0.250. The number of carbonyl (C=O) groups is 3. The Morgan fingerprint density at radius 2 is 1.74 bits per heavy atom. The van der Waals surface area contributed by atoms with E-state index in [0.29, 0.717) is 16.1 Å². The summed E-state index contributed by atoms with van der Waals surface area (Å²) in [5.41, 5.74) is 0.921. The van der Waals surface area contributed by atoms with Gasteiger partial charge in [-0.15, -0.1) is 0 Å². The first-order chi connectivity index (χ1) is 12.9. The molecule has 2 aromatic carbocycles. The van der Waals surface area contributed by atoms with Crippen LogP contribution in [0.1, 0.15) is 41.2 Å². The topological polar surface area (TPSA) is 72.5 Å². The molecule has 1 amide bonds. The normalized spacial score (nSPS) is 11.5. The molecule has 2 aromatic rings. The summed E-state index contributed by atoms with van der Waals surface area (Å²) in [6.07, 6.45) is -0.193. The molecular formula is C20H19ClFNO4. The van der Waals surface area contributed by atoms with Gasteiger partial charge in [-0.3, -0.25) is 14.4 Å². The zero-order valence-electron chi connectivity index (χ0n) is 14.7. The van der Waals surface area contributed by atoms with Gasteiger partial charge in [0.15, 0.2) is 5.78 Å². The summed E-state index contributed by atoms with van der Waals surface area (Å²) >= 11 is 6.16. The average Bonchev–Trinajstić information content (AvgIpc) is 2.66. The first kappa shape index (κ1) is 20.6. The van der Waals surface area contributed by atoms with Gasteiger partial charge in [0.05, 0.1) is 19.6 Å². The van der Waals surface area contributed by atoms with Crippen molar-refractivity contribution >= 4 is 29.3 Å². The molecule has 0 aliphatic rings. The molecule has 0 heterocycles. The molecule has 27 heavy (non-hydrogen) atoms. The number of hydrogen-bond donors (Lipinski definition) is 1. The summed E-state index contributed by atoms with van der Waals surface area (Å²) in [5, 5.41) is 3.13. The highest BCUT2D eigenvalue weighted by atomic mass is 35.5. The second-order valence-electron chi connectivity index (χ2n) is 5.85. The fourth-order valence-corrected chi connectivity index (χ4v) is 2.79. The van der Waals surface area contributed by atoms with Crippen molar-refractivity contribution in [2.75, 3.05) is 7.11 Å². The highest BCUT2D eigenvalue weighted by Gasteiger charge is 2.21. The average molecular weight is 392 g/mol. The second-order valence-corrected chi connectivity index (χ2v) is 6.26. The van der Waals surface area contributed by atoms with Gasteiger partial charge in [0.1, 0.15) is 5.82 Å². The lowest BCUT2D eigenvalue weighted by Crippen LogP contribution is -2.31. The Balaban J connectivity index is 2.00. The summed E-state index contributed by atoms with van der Waals surface area (Å²) in [6.45, 7) is 0. The Bertz CT molecular complexity index is 823. The fourth-order valence-electron chi connectivity index (χ4n) is 2.52. The van der Waals surface area contributed by atoms with E-state index in [9.17, 15) is 18.8 Å². The first-order valence-corrected chi connectivity index (χ1v) is 8.68. The number of benzene rings is 2. The Morgan fingerprint density at radius 1 is 1.07 bits per heavy atom. The second kappa shape index (κ2) is 9.83. The van der Waals surface area contributed by atoms with E-state index in [2.05, 4.69) is 10.1 Å². The smallest absolute Gasteiger partial charge is 0.307 e. The first-order valence-electron chi connectivity index (χ1n) is 8.30. The monoisotopic (exact) mass is 391 g/mol. The van der Waals surface area contributed by atoms with E-state index in [0.717, 1.165) is 0 Å². The van der Waals surface area contributed by atoms with Crippen LogP contribution in [0.15, 0.2) is 48.5 Å². The Morgan fingerprint density at radius 3 is 2.37 bits per heavy atom. The zero-order valence-corrected chi connectivity index (χ0v) is 15.5. The molecule has 0 saturated heterocycles. The molecule has 5 nitrogen and oxygen atoms in total. The maximum Gasteiger partial charge on any atom is 0.307 e. The van der Waals surface area contributed by atoms with Crippen molar-refractivity contribution < 1.29 is 23.5 Å². The van der Waals surface area contributed by atoms with Crippen LogP contribution >= 0.6 is 11.6 Å². The minimum Gasteiger partial charge on any atom is -0.469 e. The van der Waals surface area contributed by atoms with Crippen LogP contribution in [-0.4, -0.2) is 24.8 Å². The van der Waals surface area contributed by atoms with Crippen LogP contribution in [0.4, 0.5) is 4.39 Å². The lowest BCUT2D eigenvalue weighted by atomic mass is 10.0. The number of amides is 1. The number of methoxy groups -OCH3 is 1. The molecule has 1 atom stereocenters. The van der Waals surface area contributed by atoms with Gasteiger partial charge in [0.25, 0.3) is 0 Å². The largest absolute Gasteiger partial charge is 0.469 e. The van der Waals surface area contributed by atoms with Crippen LogP contribution in [0.5, 0.6) is 0 Å². The van der Waals surface area contributed by atoms with E-state index < -0.39 is 23.7 Å². The Labute approximate surface area is 161 Å². The minimum absolute atomic E-state index is 0.0368. The van der Waals surface area contributed by atoms with Crippen LogP contribution in [0.2, 0.25) is 5.02 Å². The van der Waals surface area contributed by atoms with E-state index in [4.69, 9.17) is 11.6 Å². The van der Waals surface area contributed by atoms with Crippen LogP contribution in [0.3, 0.4) is 0 Å². The van der Waals surface area contributed by atoms with Crippen molar-refractivity contribution in [3.05, 3.63) is 70.5 Å². The maximum atomic E-state index is 12.9. The van der Waals surface area contributed by atoms with Gasteiger partial charge in [-0.25, -0.2) is 4.39 Å². The van der Waals surface area contributed by atoms with Gasteiger partial charge in [-0.2, -0.15) is 0 Å². The molecule has 142 valence electrons. The number of esters is 1. The molecule has 1 N–H and O–H groups in total. The van der Waals surface area contributed by atoms with E-state index in [1.807, 2.05) is 0 Å². The van der Waals surface area contributed by atoms with Crippen molar-refractivity contribution in [1.29, 1.82) is 0 Å². The number of rotatable bonds is 8. The van der Waals surface area contributed by atoms with Crippen LogP contribution in [0, 0.1) is 5.82 Å². The molecule has 0 aromatic heterocycles. The standard InChI is InChI=1S/C20H19ClFNO4/c1-27-20(26)12-17(15-4-2-3-5-16(15)21)23-19(25)11-10-18(24)13-6-8-14(22)9-7-13/h2-9,17H,10-12H2,1H3,(H,23,25)/t17-/m1/s1. The number of halogens is 2. The van der Waals surface area contributed by atoms with Gasteiger partial charge in [0.2, 0.25) is 5.91 Å². The van der Waals surface area contributed by atoms with Crippen molar-refractivity contribution in [2.24, 2.45) is 0 Å². The highest BCUT2D eigenvalue weighted by molar-refractivity contribution is 6.31. The van der Waals surface area contributed by atoms with Gasteiger partial charge in [-0.1, -0.05) is 29.8 Å². The lowest BCUT2D eigenvalue weighted by Gasteiger charge is -2.19. The van der Waals surface area contributed by atoms with E-state index >= 15 is 0 Å². The van der Waals surface area contributed by atoms with Gasteiger partial charge < -0.3 is 10.1 Å². The number of hydrogen-bond acceptors (Lipinski definition) is 4. The van der Waals surface area contributed by atoms with Crippen molar-refractivity contribution in [3.8, 4) is 0 Å². The maximum absolute atomic E-state index is 12.9. The van der Waals surface area contributed by atoms with Crippen LogP contribution < -0.4 is 5.32 Å². The van der Waals surface area contributed by atoms with Crippen LogP contribution in [0.25, 0.3) is 0 Å². The van der Waals surface area contributed by atoms with Crippen molar-refractivity contribution in [2.45, 2.75) is 25.3 Å². The molecule has 0 bridgehead atoms. The number of ether oxygens (including phenoxy) is 1. The molecule has 2 rings (SSSR count). The Hall–Kier alpha value is -2.73. The summed E-state index contributed by atoms with van der Waals surface area (Å²) in [4.78, 5) is 36.0. The summed E-state index contributed by atoms with van der Waals surface area (Å²) in [5.74, 6) is -1.61. The SMILES string of the molecule is COC(=O)C[C@@H](NC(=O)CCC(=O)c1ccc(F)cc1)c1ccccc1Cl. The summed E-state index contributed by atoms with van der Waals surface area (Å²) in [7, 11) is 1.26. The number of Topliss-reactive ketones (excluding diaryl/α,β-unsaturated/α-hetero) is 1. The molecule has 7 heteroatoms. The number of carbonyl (C=O) groups excluding carboxylic acids is 3.